The monoisotopic (exact) mass is 308 g/mol. The zero-order valence-corrected chi connectivity index (χ0v) is 12.4. The van der Waals surface area contributed by atoms with Crippen LogP contribution in [0.2, 0.25) is 0 Å². The van der Waals surface area contributed by atoms with Crippen molar-refractivity contribution >= 4 is 10.0 Å². The summed E-state index contributed by atoms with van der Waals surface area (Å²) in [6.45, 7) is 2.07. The Morgan fingerprint density at radius 3 is 2.19 bits per heavy atom. The molecule has 1 atom stereocenters. The van der Waals surface area contributed by atoms with Crippen molar-refractivity contribution < 1.29 is 12.8 Å². The number of halogens is 1. The summed E-state index contributed by atoms with van der Waals surface area (Å²) in [4.78, 5) is 0.175. The second-order valence-corrected chi connectivity index (χ2v) is 6.46. The molecule has 2 aromatic rings. The summed E-state index contributed by atoms with van der Waals surface area (Å²) in [5.74, 6) is -0.355. The van der Waals surface area contributed by atoms with Crippen LogP contribution in [-0.2, 0) is 16.6 Å². The summed E-state index contributed by atoms with van der Waals surface area (Å²) >= 11 is 0. The Hall–Kier alpha value is -1.76. The molecule has 0 saturated heterocycles. The number of nitrogens with one attached hydrogen (secondary N) is 1. The number of nitrogens with two attached hydrogens (primary N) is 1. The summed E-state index contributed by atoms with van der Waals surface area (Å²) < 4.78 is 40.0. The van der Waals surface area contributed by atoms with Crippen molar-refractivity contribution in [2.24, 2.45) is 5.73 Å². The van der Waals surface area contributed by atoms with Crippen LogP contribution in [0, 0.1) is 5.82 Å². The minimum atomic E-state index is -3.63. The molecule has 0 heterocycles. The van der Waals surface area contributed by atoms with E-state index in [1.54, 1.807) is 31.2 Å². The third-order valence-corrected chi connectivity index (χ3v) is 4.73. The molecule has 21 heavy (non-hydrogen) atoms. The predicted octanol–water partition coefficient (Wildman–Crippen LogP) is 2.32. The Morgan fingerprint density at radius 2 is 1.67 bits per heavy atom. The SMILES string of the molecule is CC(NS(=O)(=O)c1ccc(CN)cc1)c1ccc(F)cc1. The van der Waals surface area contributed by atoms with Gasteiger partial charge in [-0.1, -0.05) is 24.3 Å². The molecule has 0 bridgehead atoms. The van der Waals surface area contributed by atoms with E-state index in [1.165, 1.54) is 24.3 Å². The number of benzene rings is 2. The Bertz CT molecular complexity index is 697. The number of hydrogen-bond acceptors (Lipinski definition) is 3. The van der Waals surface area contributed by atoms with Crippen molar-refractivity contribution in [2.45, 2.75) is 24.4 Å². The molecule has 0 aliphatic heterocycles. The van der Waals surface area contributed by atoms with Crippen LogP contribution in [0.3, 0.4) is 0 Å². The smallest absolute Gasteiger partial charge is 0.241 e. The maximum Gasteiger partial charge on any atom is 0.241 e. The van der Waals surface area contributed by atoms with E-state index in [0.29, 0.717) is 12.1 Å². The first-order chi connectivity index (χ1) is 9.92. The van der Waals surface area contributed by atoms with Crippen molar-refractivity contribution in [1.29, 1.82) is 0 Å². The maximum absolute atomic E-state index is 12.9. The van der Waals surface area contributed by atoms with Gasteiger partial charge in [-0.05, 0) is 42.3 Å². The first-order valence-corrected chi connectivity index (χ1v) is 7.97. The van der Waals surface area contributed by atoms with Gasteiger partial charge in [-0.15, -0.1) is 0 Å². The number of hydrogen-bond donors (Lipinski definition) is 2. The maximum atomic E-state index is 12.9. The molecular weight excluding hydrogens is 291 g/mol. The standard InChI is InChI=1S/C15H17FN2O2S/c1-11(13-4-6-14(16)7-5-13)18-21(19,20)15-8-2-12(10-17)3-9-15/h2-9,11,18H,10,17H2,1H3. The van der Waals surface area contributed by atoms with Crippen LogP contribution < -0.4 is 10.5 Å². The van der Waals surface area contributed by atoms with Crippen LogP contribution in [0.5, 0.6) is 0 Å². The molecule has 4 nitrogen and oxygen atoms in total. The average Bonchev–Trinajstić information content (AvgIpc) is 2.47. The molecule has 0 fully saturated rings. The summed E-state index contributed by atoms with van der Waals surface area (Å²) in [5, 5.41) is 0. The van der Waals surface area contributed by atoms with E-state index in [0.717, 1.165) is 5.56 Å². The molecule has 3 N–H and O–H groups in total. The van der Waals surface area contributed by atoms with Gasteiger partial charge in [0.1, 0.15) is 5.82 Å². The van der Waals surface area contributed by atoms with Crippen LogP contribution in [0.15, 0.2) is 53.4 Å². The molecule has 0 aliphatic rings. The van der Waals surface area contributed by atoms with Gasteiger partial charge >= 0.3 is 0 Å². The van der Waals surface area contributed by atoms with Gasteiger partial charge in [-0.3, -0.25) is 0 Å². The average molecular weight is 308 g/mol. The fourth-order valence-corrected chi connectivity index (χ4v) is 3.16. The zero-order valence-electron chi connectivity index (χ0n) is 11.6. The second-order valence-electron chi connectivity index (χ2n) is 4.74. The largest absolute Gasteiger partial charge is 0.326 e. The fraction of sp³-hybridized carbons (Fsp3) is 0.200. The van der Waals surface area contributed by atoms with Crippen molar-refractivity contribution in [1.82, 2.24) is 4.72 Å². The van der Waals surface area contributed by atoms with Crippen molar-refractivity contribution in [3.8, 4) is 0 Å². The molecular formula is C15H17FN2O2S. The van der Waals surface area contributed by atoms with Crippen LogP contribution >= 0.6 is 0 Å². The van der Waals surface area contributed by atoms with Gasteiger partial charge in [0.25, 0.3) is 0 Å². The van der Waals surface area contributed by atoms with Gasteiger partial charge in [0, 0.05) is 12.6 Å². The van der Waals surface area contributed by atoms with E-state index in [4.69, 9.17) is 5.73 Å². The van der Waals surface area contributed by atoms with Crippen LogP contribution in [0.25, 0.3) is 0 Å². The Labute approximate surface area is 123 Å². The molecule has 2 aromatic carbocycles. The lowest BCUT2D eigenvalue weighted by Crippen LogP contribution is -2.26. The van der Waals surface area contributed by atoms with Crippen molar-refractivity contribution in [3.63, 3.8) is 0 Å². The Morgan fingerprint density at radius 1 is 1.10 bits per heavy atom. The van der Waals surface area contributed by atoms with E-state index in [9.17, 15) is 12.8 Å². The molecule has 2 rings (SSSR count). The van der Waals surface area contributed by atoms with Gasteiger partial charge in [0.05, 0.1) is 4.90 Å². The highest BCUT2D eigenvalue weighted by molar-refractivity contribution is 7.89. The zero-order chi connectivity index (χ0) is 15.5. The highest BCUT2D eigenvalue weighted by Gasteiger charge is 2.18. The Kier molecular flexibility index (Phi) is 4.72. The van der Waals surface area contributed by atoms with Gasteiger partial charge in [0.15, 0.2) is 0 Å². The van der Waals surface area contributed by atoms with Crippen LogP contribution in [-0.4, -0.2) is 8.42 Å². The molecule has 0 spiro atoms. The van der Waals surface area contributed by atoms with Gasteiger partial charge in [-0.2, -0.15) is 0 Å². The minimum absolute atomic E-state index is 0.175. The molecule has 0 aromatic heterocycles. The topological polar surface area (TPSA) is 72.2 Å². The molecule has 112 valence electrons. The van der Waals surface area contributed by atoms with Crippen molar-refractivity contribution in [3.05, 3.63) is 65.5 Å². The van der Waals surface area contributed by atoms with Crippen LogP contribution in [0.1, 0.15) is 24.1 Å². The summed E-state index contributed by atoms with van der Waals surface area (Å²) in [7, 11) is -3.63. The first kappa shape index (κ1) is 15.6. The number of rotatable bonds is 5. The molecule has 6 heteroatoms. The molecule has 0 amide bonds. The quantitative estimate of drug-likeness (QED) is 0.890. The fourth-order valence-electron chi connectivity index (χ4n) is 1.92. The summed E-state index contributed by atoms with van der Waals surface area (Å²) in [5.41, 5.74) is 7.04. The van der Waals surface area contributed by atoms with E-state index >= 15 is 0 Å². The highest BCUT2D eigenvalue weighted by Crippen LogP contribution is 2.17. The lowest BCUT2D eigenvalue weighted by molar-refractivity contribution is 0.566. The first-order valence-electron chi connectivity index (χ1n) is 6.49. The lowest BCUT2D eigenvalue weighted by atomic mass is 10.1. The van der Waals surface area contributed by atoms with Crippen molar-refractivity contribution in [2.75, 3.05) is 0 Å². The van der Waals surface area contributed by atoms with E-state index in [-0.39, 0.29) is 10.7 Å². The molecule has 0 saturated carbocycles. The summed E-state index contributed by atoms with van der Waals surface area (Å²) in [6, 6.07) is 11.6. The van der Waals surface area contributed by atoms with Gasteiger partial charge < -0.3 is 5.73 Å². The highest BCUT2D eigenvalue weighted by atomic mass is 32.2. The molecule has 0 radical (unpaired) electrons. The van der Waals surface area contributed by atoms with E-state index in [2.05, 4.69) is 4.72 Å². The minimum Gasteiger partial charge on any atom is -0.326 e. The third-order valence-electron chi connectivity index (χ3n) is 3.17. The second kappa shape index (κ2) is 6.34. The van der Waals surface area contributed by atoms with E-state index < -0.39 is 16.1 Å². The third kappa shape index (κ3) is 3.87. The van der Waals surface area contributed by atoms with Crippen LogP contribution in [0.4, 0.5) is 4.39 Å². The Balaban J connectivity index is 2.17. The predicted molar refractivity (Wildman–Crippen MR) is 79.5 cm³/mol. The van der Waals surface area contributed by atoms with Gasteiger partial charge in [0.2, 0.25) is 10.0 Å². The number of sulfonamides is 1. The normalized spacial score (nSPS) is 13.1. The lowest BCUT2D eigenvalue weighted by Gasteiger charge is -2.15. The molecule has 0 aliphatic carbocycles. The molecule has 1 unspecified atom stereocenters. The van der Waals surface area contributed by atoms with Gasteiger partial charge in [-0.25, -0.2) is 17.5 Å². The van der Waals surface area contributed by atoms with E-state index in [1.807, 2.05) is 0 Å². The summed E-state index contributed by atoms with van der Waals surface area (Å²) in [6.07, 6.45) is 0.